The second-order valence-electron chi connectivity index (χ2n) is 17.9. The highest BCUT2D eigenvalue weighted by Gasteiger charge is 2.36. The minimum absolute atomic E-state index is 0.214. The molecule has 13 aromatic rings. The zero-order valence-corrected chi connectivity index (χ0v) is 34.8. The molecule has 0 N–H and O–H groups in total. The molecule has 2 heterocycles. The van der Waals surface area contributed by atoms with E-state index in [0.29, 0.717) is 0 Å². The van der Waals surface area contributed by atoms with Crippen molar-refractivity contribution in [2.24, 2.45) is 0 Å². The van der Waals surface area contributed by atoms with Crippen LogP contribution in [0.1, 0.15) is 25.0 Å². The van der Waals surface area contributed by atoms with Crippen molar-refractivity contribution in [3.63, 3.8) is 0 Å². The Morgan fingerprint density at radius 2 is 0.825 bits per heavy atom. The van der Waals surface area contributed by atoms with Crippen molar-refractivity contribution < 1.29 is 8.83 Å². The average Bonchev–Trinajstić information content (AvgIpc) is 3.97. The number of fused-ring (bicyclic) bond motifs is 15. The Balaban J connectivity index is 0.896. The molecule has 0 radical (unpaired) electrons. The number of furan rings is 2. The highest BCUT2D eigenvalue weighted by molar-refractivity contribution is 6.26. The van der Waals surface area contributed by atoms with E-state index in [-0.39, 0.29) is 5.41 Å². The summed E-state index contributed by atoms with van der Waals surface area (Å²) in [5.41, 5.74) is 16.1. The van der Waals surface area contributed by atoms with Crippen LogP contribution in [0.25, 0.3) is 131 Å². The van der Waals surface area contributed by atoms with Gasteiger partial charge in [0.05, 0.1) is 5.39 Å². The van der Waals surface area contributed by atoms with Gasteiger partial charge in [-0.25, -0.2) is 0 Å². The Hall–Kier alpha value is -7.94. The maximum Gasteiger partial charge on any atom is 0.147 e. The minimum Gasteiger partial charge on any atom is -0.455 e. The highest BCUT2D eigenvalue weighted by Crippen LogP contribution is 2.53. The second kappa shape index (κ2) is 12.6. The number of benzene rings is 11. The van der Waals surface area contributed by atoms with Gasteiger partial charge in [-0.15, -0.1) is 0 Å². The maximum atomic E-state index is 6.70. The van der Waals surface area contributed by atoms with E-state index in [2.05, 4.69) is 196 Å². The quantitative estimate of drug-likeness (QED) is 0.166. The first-order valence-electron chi connectivity index (χ1n) is 21.9. The molecule has 1 aliphatic rings. The third-order valence-electron chi connectivity index (χ3n) is 14.3. The largest absolute Gasteiger partial charge is 0.455 e. The SMILES string of the molecule is CC1(C)c2cc(-c3ccc4oc5c(ccc6ccc7c8ccccc8oc7c65)c4c3)ccc2-c2ccc(-c3c4ccccc4c(-c4cccc5ccccc45)c4ccccc34)cc21. The third kappa shape index (κ3) is 4.78. The van der Waals surface area contributed by atoms with Gasteiger partial charge in [0.15, 0.2) is 0 Å². The number of rotatable bonds is 3. The smallest absolute Gasteiger partial charge is 0.147 e. The lowest BCUT2D eigenvalue weighted by Gasteiger charge is -2.23. The highest BCUT2D eigenvalue weighted by atomic mass is 16.3. The maximum absolute atomic E-state index is 6.70. The van der Waals surface area contributed by atoms with E-state index in [4.69, 9.17) is 8.83 Å². The van der Waals surface area contributed by atoms with Crippen molar-refractivity contribution in [2.75, 3.05) is 0 Å². The summed E-state index contributed by atoms with van der Waals surface area (Å²) in [5, 5.41) is 14.2. The summed E-state index contributed by atoms with van der Waals surface area (Å²) in [4.78, 5) is 0. The Morgan fingerprint density at radius 3 is 1.52 bits per heavy atom. The lowest BCUT2D eigenvalue weighted by atomic mass is 9.80. The predicted molar refractivity (Wildman–Crippen MR) is 265 cm³/mol. The summed E-state index contributed by atoms with van der Waals surface area (Å²) in [6.45, 7) is 4.78. The molecule has 11 aromatic carbocycles. The molecular weight excluding hydrogens is 765 g/mol. The van der Waals surface area contributed by atoms with Gasteiger partial charge in [0.25, 0.3) is 0 Å². The number of hydrogen-bond acceptors (Lipinski definition) is 2. The molecule has 0 unspecified atom stereocenters. The summed E-state index contributed by atoms with van der Waals surface area (Å²) >= 11 is 0. The Bertz CT molecular complexity index is 4060. The van der Waals surface area contributed by atoms with Gasteiger partial charge in [-0.3, -0.25) is 0 Å². The summed E-state index contributed by atoms with van der Waals surface area (Å²) in [6.07, 6.45) is 0. The fraction of sp³-hybridized carbons (Fsp3) is 0.0492. The van der Waals surface area contributed by atoms with Crippen LogP contribution in [0.2, 0.25) is 0 Å². The number of hydrogen-bond donors (Lipinski definition) is 0. The molecular formula is C61H38O2. The van der Waals surface area contributed by atoms with Crippen LogP contribution in [0.3, 0.4) is 0 Å². The predicted octanol–water partition coefficient (Wildman–Crippen LogP) is 17.4. The van der Waals surface area contributed by atoms with Gasteiger partial charge in [-0.05, 0) is 136 Å². The lowest BCUT2D eigenvalue weighted by Crippen LogP contribution is -2.15. The first-order chi connectivity index (χ1) is 31.0. The van der Waals surface area contributed by atoms with Crippen molar-refractivity contribution in [1.29, 1.82) is 0 Å². The van der Waals surface area contributed by atoms with E-state index in [0.717, 1.165) is 54.6 Å². The van der Waals surface area contributed by atoms with E-state index in [1.807, 2.05) is 12.1 Å². The standard InChI is InChI=1S/C61H38O2/c1-61(2)52-33-38(37-26-31-55-51(32-37)50-30-23-36-22-29-49-43-15-9-10-21-54(43)62-59(49)57(36)60(50)63-55)24-27-41(52)42-28-25-39(34-53(42)61)56-45-16-5-7-18-47(45)58(48-19-8-6-17-46(48)56)44-20-11-13-35-12-3-4-14-40(35)44/h3-34H,1-2H3. The lowest BCUT2D eigenvalue weighted by molar-refractivity contribution is 0.660. The van der Waals surface area contributed by atoms with Gasteiger partial charge in [0.1, 0.15) is 22.3 Å². The monoisotopic (exact) mass is 802 g/mol. The van der Waals surface area contributed by atoms with Gasteiger partial charge < -0.3 is 8.83 Å². The molecule has 0 amide bonds. The fourth-order valence-corrected chi connectivity index (χ4v) is 11.2. The first-order valence-corrected chi connectivity index (χ1v) is 21.9. The zero-order chi connectivity index (χ0) is 41.6. The third-order valence-corrected chi connectivity index (χ3v) is 14.3. The van der Waals surface area contributed by atoms with Crippen molar-refractivity contribution >= 4 is 87.0 Å². The van der Waals surface area contributed by atoms with Gasteiger partial charge in [-0.1, -0.05) is 166 Å². The summed E-state index contributed by atoms with van der Waals surface area (Å²) in [6, 6.07) is 71.3. The average molecular weight is 803 g/mol. The summed E-state index contributed by atoms with van der Waals surface area (Å²) < 4.78 is 13.2. The van der Waals surface area contributed by atoms with E-state index in [1.165, 1.54) is 88.0 Å². The first kappa shape index (κ1) is 34.7. The van der Waals surface area contributed by atoms with Crippen LogP contribution < -0.4 is 0 Å². The summed E-state index contributed by atoms with van der Waals surface area (Å²) in [5.74, 6) is 0. The Kier molecular flexibility index (Phi) is 6.93. The zero-order valence-electron chi connectivity index (χ0n) is 34.8. The fourth-order valence-electron chi connectivity index (χ4n) is 11.2. The van der Waals surface area contributed by atoms with Crippen molar-refractivity contribution in [1.82, 2.24) is 0 Å². The normalized spacial score (nSPS) is 13.4. The van der Waals surface area contributed by atoms with Crippen LogP contribution in [0, 0.1) is 0 Å². The molecule has 2 heteroatoms. The molecule has 2 aromatic heterocycles. The van der Waals surface area contributed by atoms with Crippen LogP contribution in [0.15, 0.2) is 203 Å². The number of para-hydroxylation sites is 1. The molecule has 0 atom stereocenters. The topological polar surface area (TPSA) is 26.3 Å². The molecule has 0 bridgehead atoms. The van der Waals surface area contributed by atoms with Crippen molar-refractivity contribution in [2.45, 2.75) is 19.3 Å². The van der Waals surface area contributed by atoms with E-state index < -0.39 is 0 Å². The van der Waals surface area contributed by atoms with Crippen LogP contribution in [0.5, 0.6) is 0 Å². The molecule has 63 heavy (non-hydrogen) atoms. The van der Waals surface area contributed by atoms with Gasteiger partial charge in [-0.2, -0.15) is 0 Å². The Morgan fingerprint density at radius 1 is 0.317 bits per heavy atom. The molecule has 0 saturated heterocycles. The molecule has 0 spiro atoms. The second-order valence-corrected chi connectivity index (χ2v) is 17.9. The van der Waals surface area contributed by atoms with Gasteiger partial charge in [0, 0.05) is 27.0 Å². The van der Waals surface area contributed by atoms with E-state index >= 15 is 0 Å². The van der Waals surface area contributed by atoms with E-state index in [1.54, 1.807) is 0 Å². The molecule has 1 aliphatic carbocycles. The molecule has 2 nitrogen and oxygen atoms in total. The molecule has 294 valence electrons. The van der Waals surface area contributed by atoms with Gasteiger partial charge >= 0.3 is 0 Å². The van der Waals surface area contributed by atoms with Crippen LogP contribution >= 0.6 is 0 Å². The van der Waals surface area contributed by atoms with E-state index in [9.17, 15) is 0 Å². The molecule has 0 aliphatic heterocycles. The van der Waals surface area contributed by atoms with Crippen molar-refractivity contribution in [3.8, 4) is 44.5 Å². The minimum atomic E-state index is -0.214. The molecule has 14 rings (SSSR count). The van der Waals surface area contributed by atoms with Crippen molar-refractivity contribution in [3.05, 3.63) is 205 Å². The van der Waals surface area contributed by atoms with Crippen LogP contribution in [-0.2, 0) is 5.41 Å². The van der Waals surface area contributed by atoms with Gasteiger partial charge in [0.2, 0.25) is 0 Å². The molecule has 0 saturated carbocycles. The van der Waals surface area contributed by atoms with Crippen LogP contribution in [0.4, 0.5) is 0 Å². The van der Waals surface area contributed by atoms with Crippen LogP contribution in [-0.4, -0.2) is 0 Å². The Labute approximate surface area is 363 Å². The summed E-state index contributed by atoms with van der Waals surface area (Å²) in [7, 11) is 0. The molecule has 0 fully saturated rings.